The highest BCUT2D eigenvalue weighted by atomic mass is 16.5. The Hall–Kier alpha value is -1.87. The Labute approximate surface area is 228 Å². The number of rotatable bonds is 17. The SMILES string of the molecule is COCCCOc1cc(CC(C[C@H](N)[C@@H](O)C[C@H](C(=O)NC2C3COC[C@@H]32)C(C)C)C(C)C)ccc1OC. The maximum atomic E-state index is 13.1. The van der Waals surface area contributed by atoms with Gasteiger partial charge in [-0.1, -0.05) is 33.8 Å². The fraction of sp³-hybridized carbons (Fsp3) is 0.767. The molecule has 7 atom stereocenters. The van der Waals surface area contributed by atoms with Gasteiger partial charge in [0.05, 0.1) is 33.0 Å². The molecular weight excluding hydrogens is 484 g/mol. The smallest absolute Gasteiger partial charge is 0.223 e. The van der Waals surface area contributed by atoms with Gasteiger partial charge in [0.2, 0.25) is 5.91 Å². The largest absolute Gasteiger partial charge is 0.493 e. The number of aliphatic hydroxyl groups is 1. The molecule has 1 saturated heterocycles. The number of hydrogen-bond donors (Lipinski definition) is 3. The highest BCUT2D eigenvalue weighted by Crippen LogP contribution is 2.44. The summed E-state index contributed by atoms with van der Waals surface area (Å²) in [6.07, 6.45) is 1.92. The van der Waals surface area contributed by atoms with Crippen molar-refractivity contribution in [1.29, 1.82) is 0 Å². The number of ether oxygens (including phenoxy) is 4. The summed E-state index contributed by atoms with van der Waals surface area (Å²) in [4.78, 5) is 13.1. The Morgan fingerprint density at radius 3 is 2.39 bits per heavy atom. The quantitative estimate of drug-likeness (QED) is 0.263. The maximum Gasteiger partial charge on any atom is 0.223 e. The van der Waals surface area contributed by atoms with Gasteiger partial charge >= 0.3 is 0 Å². The molecule has 2 fully saturated rings. The lowest BCUT2D eigenvalue weighted by molar-refractivity contribution is -0.128. The van der Waals surface area contributed by atoms with Crippen LogP contribution in [-0.4, -0.2) is 69.8 Å². The van der Waals surface area contributed by atoms with E-state index in [4.69, 9.17) is 24.7 Å². The van der Waals surface area contributed by atoms with Gasteiger partial charge in [-0.3, -0.25) is 4.79 Å². The Bertz CT molecular complexity index is 868. The lowest BCUT2D eigenvalue weighted by Crippen LogP contribution is -2.43. The van der Waals surface area contributed by atoms with Gasteiger partial charge in [-0.05, 0) is 54.7 Å². The first-order chi connectivity index (χ1) is 18.2. The molecule has 8 heteroatoms. The van der Waals surface area contributed by atoms with E-state index >= 15 is 0 Å². The molecule has 3 unspecified atom stereocenters. The fourth-order valence-electron chi connectivity index (χ4n) is 5.59. The standard InChI is InChI=1S/C30H50N2O6/c1-18(2)21(12-20-8-9-27(36-6)28(13-20)38-11-7-10-35-5)14-25(31)26(33)15-22(19(3)4)30(34)32-29-23-16-37-17-24(23)29/h8-9,13,18-19,21-26,29,33H,7,10-12,14-17,31H2,1-6H3,(H,32,34)/t21?,22-,23-,24?,25-,26-,29?/m0/s1. The van der Waals surface area contributed by atoms with E-state index in [0.717, 1.165) is 37.4 Å². The van der Waals surface area contributed by atoms with Crippen molar-refractivity contribution in [3.8, 4) is 11.5 Å². The van der Waals surface area contributed by atoms with Crippen LogP contribution in [0.4, 0.5) is 0 Å². The van der Waals surface area contributed by atoms with Crippen molar-refractivity contribution >= 4 is 5.91 Å². The lowest BCUT2D eigenvalue weighted by Gasteiger charge is -2.30. The van der Waals surface area contributed by atoms with Crippen molar-refractivity contribution in [2.75, 3.05) is 40.6 Å². The zero-order chi connectivity index (χ0) is 27.8. The number of fused-ring (bicyclic) bond motifs is 1. The Balaban J connectivity index is 1.57. The third-order valence-corrected chi connectivity index (χ3v) is 8.39. The first-order valence-electron chi connectivity index (χ1n) is 14.3. The van der Waals surface area contributed by atoms with Crippen LogP contribution in [0.1, 0.15) is 52.5 Å². The number of aliphatic hydroxyl groups excluding tert-OH is 1. The second-order valence-electron chi connectivity index (χ2n) is 11.8. The van der Waals surface area contributed by atoms with Crippen LogP contribution in [0.25, 0.3) is 0 Å². The molecule has 4 N–H and O–H groups in total. The molecule has 216 valence electrons. The Morgan fingerprint density at radius 2 is 1.79 bits per heavy atom. The predicted molar refractivity (Wildman–Crippen MR) is 148 cm³/mol. The number of benzene rings is 1. The third kappa shape index (κ3) is 8.31. The van der Waals surface area contributed by atoms with Crippen molar-refractivity contribution in [2.24, 2.45) is 41.2 Å². The molecule has 1 amide bonds. The van der Waals surface area contributed by atoms with Gasteiger partial charge in [0.25, 0.3) is 0 Å². The molecule has 0 aromatic heterocycles. The number of nitrogens with one attached hydrogen (secondary N) is 1. The summed E-state index contributed by atoms with van der Waals surface area (Å²) in [5.74, 6) is 2.88. The van der Waals surface area contributed by atoms with Gasteiger partial charge in [0, 0.05) is 50.0 Å². The first-order valence-corrected chi connectivity index (χ1v) is 14.3. The molecule has 0 radical (unpaired) electrons. The molecule has 0 bridgehead atoms. The average molecular weight is 535 g/mol. The van der Waals surface area contributed by atoms with Crippen LogP contribution in [-0.2, 0) is 20.7 Å². The zero-order valence-corrected chi connectivity index (χ0v) is 24.2. The molecule has 1 aliphatic heterocycles. The molecule has 3 rings (SSSR count). The normalized spacial score (nSPS) is 23.6. The van der Waals surface area contributed by atoms with Crippen molar-refractivity contribution in [2.45, 2.75) is 71.6 Å². The van der Waals surface area contributed by atoms with Gasteiger partial charge in [-0.2, -0.15) is 0 Å². The first kappa shape index (κ1) is 30.7. The average Bonchev–Trinajstić information content (AvgIpc) is 3.28. The van der Waals surface area contributed by atoms with E-state index < -0.39 is 12.1 Å². The van der Waals surface area contributed by atoms with E-state index in [1.807, 2.05) is 26.0 Å². The van der Waals surface area contributed by atoms with Gasteiger partial charge in [0.15, 0.2) is 11.5 Å². The summed E-state index contributed by atoms with van der Waals surface area (Å²) >= 11 is 0. The summed E-state index contributed by atoms with van der Waals surface area (Å²) < 4.78 is 22.0. The van der Waals surface area contributed by atoms with Crippen LogP contribution in [0.3, 0.4) is 0 Å². The summed E-state index contributed by atoms with van der Waals surface area (Å²) in [5, 5.41) is 14.3. The van der Waals surface area contributed by atoms with E-state index in [-0.39, 0.29) is 29.7 Å². The van der Waals surface area contributed by atoms with Gasteiger partial charge in [0.1, 0.15) is 0 Å². The topological polar surface area (TPSA) is 112 Å². The minimum atomic E-state index is -0.744. The van der Waals surface area contributed by atoms with E-state index in [9.17, 15) is 9.90 Å². The van der Waals surface area contributed by atoms with Gasteiger partial charge in [-0.25, -0.2) is 0 Å². The minimum absolute atomic E-state index is 0.0299. The van der Waals surface area contributed by atoms with Crippen LogP contribution in [0, 0.1) is 35.5 Å². The summed E-state index contributed by atoms with van der Waals surface area (Å²) in [6, 6.07) is 5.87. The van der Waals surface area contributed by atoms with Crippen LogP contribution < -0.4 is 20.5 Å². The molecule has 1 saturated carbocycles. The van der Waals surface area contributed by atoms with Crippen LogP contribution in [0.2, 0.25) is 0 Å². The van der Waals surface area contributed by atoms with Crippen molar-refractivity contribution < 1.29 is 28.8 Å². The van der Waals surface area contributed by atoms with E-state index in [1.54, 1.807) is 14.2 Å². The van der Waals surface area contributed by atoms with Crippen LogP contribution in [0.15, 0.2) is 18.2 Å². The lowest BCUT2D eigenvalue weighted by atomic mass is 9.81. The highest BCUT2D eigenvalue weighted by molar-refractivity contribution is 5.79. The zero-order valence-electron chi connectivity index (χ0n) is 24.2. The molecular formula is C30H50N2O6. The van der Waals surface area contributed by atoms with Gasteiger partial charge in [-0.15, -0.1) is 0 Å². The molecule has 1 aromatic rings. The second kappa shape index (κ2) is 14.5. The summed E-state index contributed by atoms with van der Waals surface area (Å²) in [7, 11) is 3.32. The van der Waals surface area contributed by atoms with Crippen molar-refractivity contribution in [3.63, 3.8) is 0 Å². The predicted octanol–water partition coefficient (Wildman–Crippen LogP) is 3.43. The second-order valence-corrected chi connectivity index (χ2v) is 11.8. The Morgan fingerprint density at radius 1 is 1.08 bits per heavy atom. The number of nitrogens with two attached hydrogens (primary N) is 1. The van der Waals surface area contributed by atoms with Crippen molar-refractivity contribution in [3.05, 3.63) is 23.8 Å². The molecule has 1 heterocycles. The number of carbonyl (C=O) groups is 1. The molecule has 8 nitrogen and oxygen atoms in total. The molecule has 2 aliphatic rings. The van der Waals surface area contributed by atoms with Crippen LogP contribution >= 0.6 is 0 Å². The molecule has 1 aliphatic carbocycles. The maximum absolute atomic E-state index is 13.1. The van der Waals surface area contributed by atoms with E-state index in [2.05, 4.69) is 25.2 Å². The number of methoxy groups -OCH3 is 2. The third-order valence-electron chi connectivity index (χ3n) is 8.39. The molecule has 1 aromatic carbocycles. The Kier molecular flexibility index (Phi) is 11.7. The summed E-state index contributed by atoms with van der Waals surface area (Å²) in [6.45, 7) is 11.1. The molecule has 38 heavy (non-hydrogen) atoms. The van der Waals surface area contributed by atoms with Crippen LogP contribution in [0.5, 0.6) is 11.5 Å². The minimum Gasteiger partial charge on any atom is -0.493 e. The number of hydrogen-bond acceptors (Lipinski definition) is 7. The molecule has 0 spiro atoms. The van der Waals surface area contributed by atoms with E-state index in [0.29, 0.717) is 49.6 Å². The number of carbonyl (C=O) groups excluding carboxylic acids is 1. The fourth-order valence-corrected chi connectivity index (χ4v) is 5.59. The number of amides is 1. The van der Waals surface area contributed by atoms with E-state index in [1.165, 1.54) is 0 Å². The monoisotopic (exact) mass is 534 g/mol. The highest BCUT2D eigenvalue weighted by Gasteiger charge is 2.55. The summed E-state index contributed by atoms with van der Waals surface area (Å²) in [5.41, 5.74) is 7.71. The van der Waals surface area contributed by atoms with Crippen molar-refractivity contribution in [1.82, 2.24) is 5.32 Å². The van der Waals surface area contributed by atoms with Gasteiger partial charge < -0.3 is 35.1 Å².